The Balaban J connectivity index is 2.07. The van der Waals surface area contributed by atoms with Gasteiger partial charge in [-0.15, -0.1) is 0 Å². The van der Waals surface area contributed by atoms with Gasteiger partial charge in [0.1, 0.15) is 5.76 Å². The van der Waals surface area contributed by atoms with Gasteiger partial charge in [-0.3, -0.25) is 0 Å². The van der Waals surface area contributed by atoms with Crippen LogP contribution in [-0.2, 0) is 4.74 Å². The molecule has 0 bridgehead atoms. The monoisotopic (exact) mass is 273 g/mol. The molecule has 2 heterocycles. The number of hydrogen-bond acceptors (Lipinski definition) is 4. The van der Waals surface area contributed by atoms with E-state index in [1.54, 1.807) is 0 Å². The van der Waals surface area contributed by atoms with Crippen LogP contribution >= 0.6 is 23.5 Å². The largest absolute Gasteiger partial charge is 0.497 e. The molecule has 98 valence electrons. The molecule has 0 aromatic rings. The molecule has 0 aromatic heterocycles. The van der Waals surface area contributed by atoms with Crippen molar-refractivity contribution in [1.82, 2.24) is 5.32 Å². The average Bonchev–Trinajstić information content (AvgIpc) is 2.41. The number of thioether (sulfide) groups is 2. The zero-order valence-electron chi connectivity index (χ0n) is 10.8. The maximum absolute atomic E-state index is 5.85. The lowest BCUT2D eigenvalue weighted by Gasteiger charge is -2.37. The highest BCUT2D eigenvalue weighted by Gasteiger charge is 2.34. The topological polar surface area (TPSA) is 21.3 Å². The van der Waals surface area contributed by atoms with Gasteiger partial charge in [-0.2, -0.15) is 23.5 Å². The molecular weight excluding hydrogens is 250 g/mol. The summed E-state index contributed by atoms with van der Waals surface area (Å²) in [7, 11) is 2.07. The Morgan fingerprint density at radius 1 is 1.47 bits per heavy atom. The SMILES string of the molecule is CCC1SCCSC1C(NC)C1=CCCCO1. The fourth-order valence-corrected chi connectivity index (χ4v) is 5.78. The van der Waals surface area contributed by atoms with Gasteiger partial charge in [0.15, 0.2) is 0 Å². The molecular formula is C13H23NOS2. The van der Waals surface area contributed by atoms with Gasteiger partial charge in [-0.25, -0.2) is 0 Å². The van der Waals surface area contributed by atoms with Crippen molar-refractivity contribution in [3.05, 3.63) is 11.8 Å². The first kappa shape index (κ1) is 13.6. The van der Waals surface area contributed by atoms with Crippen LogP contribution in [0, 0.1) is 0 Å². The first-order valence-corrected chi connectivity index (χ1v) is 8.70. The van der Waals surface area contributed by atoms with Crippen molar-refractivity contribution in [3.8, 4) is 0 Å². The van der Waals surface area contributed by atoms with E-state index in [4.69, 9.17) is 4.74 Å². The van der Waals surface area contributed by atoms with Crippen molar-refractivity contribution in [1.29, 1.82) is 0 Å². The van der Waals surface area contributed by atoms with Crippen molar-refractivity contribution in [3.63, 3.8) is 0 Å². The Labute approximate surface area is 113 Å². The van der Waals surface area contributed by atoms with Crippen molar-refractivity contribution < 1.29 is 4.74 Å². The standard InChI is InChI=1S/C13H23NOS2/c1-3-11-13(17-9-8-16-11)12(14-2)10-6-4-5-7-15-10/h6,11-14H,3-5,7-9H2,1-2H3. The second-order valence-electron chi connectivity index (χ2n) is 4.52. The van der Waals surface area contributed by atoms with E-state index in [1.807, 2.05) is 0 Å². The molecule has 1 saturated heterocycles. The average molecular weight is 273 g/mol. The normalized spacial score (nSPS) is 31.5. The number of hydrogen-bond donors (Lipinski definition) is 1. The molecule has 0 aromatic carbocycles. The molecule has 1 fully saturated rings. The van der Waals surface area contributed by atoms with E-state index in [9.17, 15) is 0 Å². The van der Waals surface area contributed by atoms with Gasteiger partial charge in [-0.05, 0) is 32.4 Å². The van der Waals surface area contributed by atoms with Crippen LogP contribution in [-0.4, -0.2) is 41.7 Å². The Kier molecular flexibility index (Phi) is 5.57. The summed E-state index contributed by atoms with van der Waals surface area (Å²) in [6, 6.07) is 0.401. The Morgan fingerprint density at radius 2 is 2.29 bits per heavy atom. The lowest BCUT2D eigenvalue weighted by atomic mass is 10.0. The zero-order valence-corrected chi connectivity index (χ0v) is 12.4. The van der Waals surface area contributed by atoms with Gasteiger partial charge >= 0.3 is 0 Å². The minimum absolute atomic E-state index is 0.401. The van der Waals surface area contributed by atoms with Crippen molar-refractivity contribution >= 4 is 23.5 Å². The summed E-state index contributed by atoms with van der Waals surface area (Å²) in [6.45, 7) is 3.20. The van der Waals surface area contributed by atoms with Crippen LogP contribution < -0.4 is 5.32 Å². The van der Waals surface area contributed by atoms with Crippen LogP contribution in [0.1, 0.15) is 26.2 Å². The van der Waals surface area contributed by atoms with E-state index in [-0.39, 0.29) is 0 Å². The van der Waals surface area contributed by atoms with Crippen LogP contribution in [0.3, 0.4) is 0 Å². The highest BCUT2D eigenvalue weighted by atomic mass is 32.2. The van der Waals surface area contributed by atoms with Crippen LogP contribution in [0.5, 0.6) is 0 Å². The van der Waals surface area contributed by atoms with Gasteiger partial charge in [0.2, 0.25) is 0 Å². The minimum Gasteiger partial charge on any atom is -0.497 e. The predicted molar refractivity (Wildman–Crippen MR) is 78.9 cm³/mol. The van der Waals surface area contributed by atoms with Gasteiger partial charge in [0, 0.05) is 22.0 Å². The van der Waals surface area contributed by atoms with Gasteiger partial charge in [0.05, 0.1) is 12.6 Å². The summed E-state index contributed by atoms with van der Waals surface area (Å²) in [5, 5.41) is 4.90. The van der Waals surface area contributed by atoms with E-state index >= 15 is 0 Å². The molecule has 3 atom stereocenters. The lowest BCUT2D eigenvalue weighted by molar-refractivity contribution is 0.168. The maximum Gasteiger partial charge on any atom is 0.110 e. The van der Waals surface area contributed by atoms with E-state index in [0.29, 0.717) is 11.3 Å². The third kappa shape index (κ3) is 3.36. The molecule has 0 aliphatic carbocycles. The third-order valence-corrected chi connectivity index (χ3v) is 6.75. The first-order valence-electron chi connectivity index (χ1n) is 6.60. The van der Waals surface area contributed by atoms with E-state index in [2.05, 4.69) is 48.9 Å². The first-order chi connectivity index (χ1) is 8.36. The maximum atomic E-state index is 5.85. The van der Waals surface area contributed by atoms with Crippen molar-refractivity contribution in [2.45, 2.75) is 42.7 Å². The second kappa shape index (κ2) is 6.95. The number of ether oxygens (including phenoxy) is 1. The van der Waals surface area contributed by atoms with Gasteiger partial charge < -0.3 is 10.1 Å². The van der Waals surface area contributed by atoms with Crippen molar-refractivity contribution in [2.24, 2.45) is 0 Å². The molecule has 4 heteroatoms. The fourth-order valence-electron chi connectivity index (χ4n) is 2.51. The summed E-state index contributed by atoms with van der Waals surface area (Å²) < 4.78 is 5.85. The lowest BCUT2D eigenvalue weighted by Crippen LogP contribution is -2.45. The molecule has 2 nitrogen and oxygen atoms in total. The van der Waals surface area contributed by atoms with Crippen LogP contribution in [0.4, 0.5) is 0 Å². The Morgan fingerprint density at radius 3 is 2.94 bits per heavy atom. The number of likely N-dealkylation sites (N-methyl/N-ethyl adjacent to an activating group) is 1. The second-order valence-corrected chi connectivity index (χ2v) is 7.15. The van der Waals surface area contributed by atoms with Crippen LogP contribution in [0.25, 0.3) is 0 Å². The number of rotatable bonds is 4. The summed E-state index contributed by atoms with van der Waals surface area (Å²) in [6.07, 6.45) is 5.89. The molecule has 2 aliphatic heterocycles. The molecule has 0 spiro atoms. The fraction of sp³-hybridized carbons (Fsp3) is 0.846. The highest BCUT2D eigenvalue weighted by Crippen LogP contribution is 2.37. The zero-order chi connectivity index (χ0) is 12.1. The minimum atomic E-state index is 0.401. The van der Waals surface area contributed by atoms with Gasteiger partial charge in [0.25, 0.3) is 0 Å². The molecule has 0 radical (unpaired) electrons. The molecule has 3 unspecified atom stereocenters. The Bertz CT molecular complexity index is 270. The van der Waals surface area contributed by atoms with Crippen molar-refractivity contribution in [2.75, 3.05) is 25.2 Å². The molecule has 2 aliphatic rings. The number of nitrogens with one attached hydrogen (secondary N) is 1. The molecule has 2 rings (SSSR count). The Hall–Kier alpha value is 0.200. The summed E-state index contributed by atoms with van der Waals surface area (Å²) in [5.74, 6) is 3.77. The van der Waals surface area contributed by atoms with E-state index in [1.165, 1.54) is 36.5 Å². The molecule has 0 amide bonds. The van der Waals surface area contributed by atoms with Crippen LogP contribution in [0.2, 0.25) is 0 Å². The predicted octanol–water partition coefficient (Wildman–Crippen LogP) is 2.90. The highest BCUT2D eigenvalue weighted by molar-refractivity contribution is 8.07. The molecule has 0 saturated carbocycles. The molecule has 1 N–H and O–H groups in total. The smallest absolute Gasteiger partial charge is 0.110 e. The third-order valence-electron chi connectivity index (χ3n) is 3.40. The quantitative estimate of drug-likeness (QED) is 0.850. The van der Waals surface area contributed by atoms with Gasteiger partial charge in [-0.1, -0.05) is 6.92 Å². The summed E-state index contributed by atoms with van der Waals surface area (Å²) in [5.41, 5.74) is 0. The number of allylic oxidation sites excluding steroid dienone is 1. The molecule has 17 heavy (non-hydrogen) atoms. The summed E-state index contributed by atoms with van der Waals surface area (Å²) >= 11 is 4.25. The van der Waals surface area contributed by atoms with Crippen LogP contribution in [0.15, 0.2) is 11.8 Å². The summed E-state index contributed by atoms with van der Waals surface area (Å²) in [4.78, 5) is 0. The van der Waals surface area contributed by atoms with E-state index in [0.717, 1.165) is 11.9 Å². The van der Waals surface area contributed by atoms with E-state index < -0.39 is 0 Å².